The van der Waals surface area contributed by atoms with Crippen molar-refractivity contribution in [1.29, 1.82) is 0 Å². The zero-order chi connectivity index (χ0) is 7.90. The van der Waals surface area contributed by atoms with Crippen molar-refractivity contribution in [3.63, 3.8) is 0 Å². The van der Waals surface area contributed by atoms with Gasteiger partial charge in [0.25, 0.3) is 0 Å². The molecule has 0 aromatic heterocycles. The third-order valence-electron chi connectivity index (χ3n) is 2.94. The minimum absolute atomic E-state index is 0.296. The van der Waals surface area contributed by atoms with Crippen LogP contribution in [-0.4, -0.2) is 35.2 Å². The second kappa shape index (κ2) is 2.23. The van der Waals surface area contributed by atoms with Gasteiger partial charge in [-0.15, -0.1) is 0 Å². The largest absolute Gasteiger partial charge is 0.376 e. The van der Waals surface area contributed by atoms with Crippen molar-refractivity contribution in [1.82, 2.24) is 4.90 Å². The van der Waals surface area contributed by atoms with Gasteiger partial charge in [0.15, 0.2) is 0 Å². The standard InChI is InChI=1S/C9H12NO/c1-2-9(11)7-10-5-3-8(9)4-6-10/h8,11H,3-7H2. The Morgan fingerprint density at radius 1 is 1.45 bits per heavy atom. The summed E-state index contributed by atoms with van der Waals surface area (Å²) in [5, 5.41) is 9.83. The average molecular weight is 150 g/mol. The fourth-order valence-electron chi connectivity index (χ4n) is 2.18. The topological polar surface area (TPSA) is 23.5 Å². The van der Waals surface area contributed by atoms with E-state index in [0.29, 0.717) is 12.5 Å². The Labute approximate surface area is 67.2 Å². The van der Waals surface area contributed by atoms with Crippen LogP contribution in [0.15, 0.2) is 0 Å². The Bertz CT molecular complexity index is 200. The summed E-state index contributed by atoms with van der Waals surface area (Å²) < 4.78 is 0. The van der Waals surface area contributed by atoms with Crippen LogP contribution < -0.4 is 0 Å². The highest BCUT2D eigenvalue weighted by Crippen LogP contribution is 2.34. The number of hydrogen-bond acceptors (Lipinski definition) is 2. The molecule has 0 aromatic rings. The number of piperidine rings is 3. The molecule has 3 heterocycles. The van der Waals surface area contributed by atoms with Gasteiger partial charge in [-0.2, -0.15) is 0 Å². The molecule has 1 N–H and O–H groups in total. The van der Waals surface area contributed by atoms with E-state index in [1.54, 1.807) is 0 Å². The molecule has 2 bridgehead atoms. The minimum Gasteiger partial charge on any atom is -0.376 e. The van der Waals surface area contributed by atoms with E-state index in [9.17, 15) is 5.11 Å². The second-order valence-corrected chi connectivity index (χ2v) is 3.60. The first-order valence-electron chi connectivity index (χ1n) is 4.13. The number of nitrogens with zero attached hydrogens (tertiary/aromatic N) is 1. The van der Waals surface area contributed by atoms with Crippen LogP contribution in [0.3, 0.4) is 0 Å². The molecule has 3 fully saturated rings. The summed E-state index contributed by atoms with van der Waals surface area (Å²) in [5.74, 6) is 2.57. The van der Waals surface area contributed by atoms with Gasteiger partial charge in [0, 0.05) is 12.5 Å². The molecule has 0 saturated carbocycles. The normalized spacial score (nSPS) is 48.7. The number of aliphatic hydroxyl groups is 1. The molecule has 3 saturated heterocycles. The Kier molecular flexibility index (Phi) is 1.45. The summed E-state index contributed by atoms with van der Waals surface area (Å²) in [6.45, 7) is 2.81. The van der Waals surface area contributed by atoms with E-state index in [2.05, 4.69) is 10.8 Å². The van der Waals surface area contributed by atoms with Gasteiger partial charge in [-0.05, 0) is 32.4 Å². The van der Waals surface area contributed by atoms with E-state index in [1.807, 2.05) is 0 Å². The quantitative estimate of drug-likeness (QED) is 0.493. The van der Waals surface area contributed by atoms with Gasteiger partial charge in [-0.1, -0.05) is 5.92 Å². The third kappa shape index (κ3) is 0.962. The molecule has 3 aliphatic heterocycles. The summed E-state index contributed by atoms with van der Waals surface area (Å²) in [4.78, 5) is 2.21. The SMILES string of the molecule is [C]#CC1(O)CN2CCC1CC2. The Morgan fingerprint density at radius 2 is 2.09 bits per heavy atom. The molecular weight excluding hydrogens is 138 g/mol. The van der Waals surface area contributed by atoms with Crippen LogP contribution in [0.4, 0.5) is 0 Å². The predicted molar refractivity (Wildman–Crippen MR) is 41.2 cm³/mol. The van der Waals surface area contributed by atoms with E-state index in [-0.39, 0.29) is 0 Å². The highest BCUT2D eigenvalue weighted by molar-refractivity contribution is 5.13. The molecule has 0 aromatic carbocycles. The third-order valence-corrected chi connectivity index (χ3v) is 2.94. The molecule has 0 amide bonds. The van der Waals surface area contributed by atoms with Crippen LogP contribution in [0.1, 0.15) is 12.8 Å². The Balaban J connectivity index is 2.21. The van der Waals surface area contributed by atoms with Gasteiger partial charge in [-0.3, -0.25) is 4.90 Å². The predicted octanol–water partition coefficient (Wildman–Crippen LogP) is 0.0329. The maximum atomic E-state index is 9.83. The van der Waals surface area contributed by atoms with Crippen LogP contribution in [0.5, 0.6) is 0 Å². The summed E-state index contributed by atoms with van der Waals surface area (Å²) >= 11 is 0. The molecule has 11 heavy (non-hydrogen) atoms. The van der Waals surface area contributed by atoms with Crippen LogP contribution in [0.2, 0.25) is 0 Å². The van der Waals surface area contributed by atoms with Crippen molar-refractivity contribution in [3.8, 4) is 5.92 Å². The van der Waals surface area contributed by atoms with E-state index in [1.165, 1.54) is 0 Å². The van der Waals surface area contributed by atoms with Crippen LogP contribution in [-0.2, 0) is 0 Å². The maximum Gasteiger partial charge on any atom is 0.141 e. The molecule has 59 valence electrons. The number of fused-ring (bicyclic) bond motifs is 3. The summed E-state index contributed by atoms with van der Waals surface area (Å²) in [6, 6.07) is 0. The van der Waals surface area contributed by atoms with E-state index in [4.69, 9.17) is 6.42 Å². The molecular formula is C9H12NO. The molecule has 1 atom stereocenters. The fraction of sp³-hybridized carbons (Fsp3) is 0.778. The van der Waals surface area contributed by atoms with Crippen molar-refractivity contribution in [3.05, 3.63) is 6.42 Å². The molecule has 3 rings (SSSR count). The molecule has 1 unspecified atom stereocenters. The smallest absolute Gasteiger partial charge is 0.141 e. The number of hydrogen-bond donors (Lipinski definition) is 1. The van der Waals surface area contributed by atoms with E-state index >= 15 is 0 Å². The zero-order valence-electron chi connectivity index (χ0n) is 6.51. The van der Waals surface area contributed by atoms with Crippen molar-refractivity contribution in [2.75, 3.05) is 19.6 Å². The van der Waals surface area contributed by atoms with Gasteiger partial charge < -0.3 is 5.11 Å². The minimum atomic E-state index is -0.920. The molecule has 2 nitrogen and oxygen atoms in total. The Morgan fingerprint density at radius 3 is 2.36 bits per heavy atom. The van der Waals surface area contributed by atoms with Crippen molar-refractivity contribution < 1.29 is 5.11 Å². The first-order valence-corrected chi connectivity index (χ1v) is 4.13. The lowest BCUT2D eigenvalue weighted by Crippen LogP contribution is -2.58. The first-order chi connectivity index (χ1) is 5.24. The highest BCUT2D eigenvalue weighted by Gasteiger charge is 2.44. The van der Waals surface area contributed by atoms with E-state index in [0.717, 1.165) is 25.9 Å². The van der Waals surface area contributed by atoms with Gasteiger partial charge >= 0.3 is 0 Å². The first kappa shape index (κ1) is 7.15. The lowest BCUT2D eigenvalue weighted by Gasteiger charge is -2.47. The molecule has 0 aliphatic carbocycles. The van der Waals surface area contributed by atoms with Gasteiger partial charge in [0.1, 0.15) is 5.60 Å². The summed E-state index contributed by atoms with van der Waals surface area (Å²) in [5.41, 5.74) is -0.920. The lowest BCUT2D eigenvalue weighted by atomic mass is 9.76. The zero-order valence-corrected chi connectivity index (χ0v) is 6.51. The molecule has 3 aliphatic rings. The van der Waals surface area contributed by atoms with Crippen molar-refractivity contribution in [2.24, 2.45) is 5.92 Å². The monoisotopic (exact) mass is 150 g/mol. The molecule has 2 heteroatoms. The summed E-state index contributed by atoms with van der Waals surface area (Å²) in [7, 11) is 0. The van der Waals surface area contributed by atoms with Gasteiger partial charge in [0.05, 0.1) is 0 Å². The Hall–Kier alpha value is -0.520. The van der Waals surface area contributed by atoms with Crippen molar-refractivity contribution >= 4 is 0 Å². The molecule has 0 spiro atoms. The second-order valence-electron chi connectivity index (χ2n) is 3.60. The van der Waals surface area contributed by atoms with E-state index < -0.39 is 5.60 Å². The average Bonchev–Trinajstić information content (AvgIpc) is 2.06. The van der Waals surface area contributed by atoms with Crippen LogP contribution >= 0.6 is 0 Å². The number of rotatable bonds is 0. The lowest BCUT2D eigenvalue weighted by molar-refractivity contribution is -0.0714. The highest BCUT2D eigenvalue weighted by atomic mass is 16.3. The van der Waals surface area contributed by atoms with Crippen molar-refractivity contribution in [2.45, 2.75) is 18.4 Å². The van der Waals surface area contributed by atoms with Crippen LogP contribution in [0.25, 0.3) is 0 Å². The van der Waals surface area contributed by atoms with Gasteiger partial charge in [0.2, 0.25) is 0 Å². The van der Waals surface area contributed by atoms with Gasteiger partial charge in [-0.25, -0.2) is 0 Å². The molecule has 1 radical (unpaired) electrons. The maximum absolute atomic E-state index is 9.83. The fourth-order valence-corrected chi connectivity index (χ4v) is 2.18. The van der Waals surface area contributed by atoms with Crippen LogP contribution in [0, 0.1) is 18.3 Å². The summed E-state index contributed by atoms with van der Waals surface area (Å²) in [6.07, 6.45) is 9.08.